The maximum absolute atomic E-state index is 12.5. The summed E-state index contributed by atoms with van der Waals surface area (Å²) in [4.78, 5) is 38.2. The normalized spacial score (nSPS) is 27.5. The standard InChI is InChI=1S/C17H27NO4/c1-17(2,3)22-16(21)18-11-6-4-5-9-13(18)12-8-7-10-14(19)15(12)20/h12-13H,4-11H2,1-3H3. The van der Waals surface area contributed by atoms with Crippen molar-refractivity contribution < 1.29 is 19.1 Å². The van der Waals surface area contributed by atoms with Gasteiger partial charge in [-0.15, -0.1) is 0 Å². The number of likely N-dealkylation sites (tertiary alicyclic amines) is 1. The van der Waals surface area contributed by atoms with Gasteiger partial charge in [0.05, 0.1) is 0 Å². The smallest absolute Gasteiger partial charge is 0.410 e. The van der Waals surface area contributed by atoms with Crippen molar-refractivity contribution >= 4 is 17.7 Å². The van der Waals surface area contributed by atoms with Crippen LogP contribution >= 0.6 is 0 Å². The van der Waals surface area contributed by atoms with Crippen molar-refractivity contribution in [2.24, 2.45) is 5.92 Å². The zero-order chi connectivity index (χ0) is 16.3. The van der Waals surface area contributed by atoms with Crippen LogP contribution < -0.4 is 0 Å². The first-order valence-corrected chi connectivity index (χ1v) is 8.36. The molecule has 2 aliphatic rings. The van der Waals surface area contributed by atoms with Crippen molar-refractivity contribution in [3.05, 3.63) is 0 Å². The minimum absolute atomic E-state index is 0.186. The van der Waals surface area contributed by atoms with E-state index < -0.39 is 5.60 Å². The SMILES string of the molecule is CC(C)(C)OC(=O)N1CCCCCC1C1CCCC(=O)C1=O. The molecule has 0 N–H and O–H groups in total. The van der Waals surface area contributed by atoms with Gasteiger partial charge in [-0.1, -0.05) is 12.8 Å². The molecule has 0 aromatic rings. The van der Waals surface area contributed by atoms with E-state index in [4.69, 9.17) is 4.74 Å². The third-order valence-electron chi connectivity index (χ3n) is 4.42. The van der Waals surface area contributed by atoms with E-state index in [9.17, 15) is 14.4 Å². The number of nitrogens with zero attached hydrogens (tertiary/aromatic N) is 1. The second kappa shape index (κ2) is 6.80. The molecule has 0 bridgehead atoms. The number of hydrogen-bond acceptors (Lipinski definition) is 4. The Kier molecular flexibility index (Phi) is 5.24. The molecular weight excluding hydrogens is 282 g/mol. The first kappa shape index (κ1) is 17.0. The highest BCUT2D eigenvalue weighted by atomic mass is 16.6. The van der Waals surface area contributed by atoms with Crippen LogP contribution in [-0.2, 0) is 14.3 Å². The summed E-state index contributed by atoms with van der Waals surface area (Å²) in [6, 6.07) is -0.186. The van der Waals surface area contributed by atoms with E-state index in [2.05, 4.69) is 0 Å². The molecule has 0 aromatic carbocycles. The zero-order valence-electron chi connectivity index (χ0n) is 13.9. The summed E-state index contributed by atoms with van der Waals surface area (Å²) in [5.74, 6) is -0.900. The maximum atomic E-state index is 12.5. The van der Waals surface area contributed by atoms with Crippen LogP contribution in [0, 0.1) is 5.92 Å². The molecule has 1 saturated heterocycles. The van der Waals surface area contributed by atoms with Crippen molar-refractivity contribution in [2.45, 2.75) is 77.4 Å². The Hall–Kier alpha value is -1.39. The monoisotopic (exact) mass is 309 g/mol. The van der Waals surface area contributed by atoms with E-state index in [0.29, 0.717) is 19.4 Å². The lowest BCUT2D eigenvalue weighted by Crippen LogP contribution is -2.50. The Balaban J connectivity index is 2.18. The average molecular weight is 309 g/mol. The average Bonchev–Trinajstić information content (AvgIpc) is 2.65. The molecule has 2 unspecified atom stereocenters. The summed E-state index contributed by atoms with van der Waals surface area (Å²) in [5.41, 5.74) is -0.555. The van der Waals surface area contributed by atoms with E-state index in [1.165, 1.54) is 0 Å². The predicted molar refractivity (Wildman–Crippen MR) is 82.6 cm³/mol. The maximum Gasteiger partial charge on any atom is 0.410 e. The van der Waals surface area contributed by atoms with Gasteiger partial charge >= 0.3 is 6.09 Å². The van der Waals surface area contributed by atoms with Crippen molar-refractivity contribution in [2.75, 3.05) is 6.54 Å². The number of ketones is 2. The molecule has 1 saturated carbocycles. The Morgan fingerprint density at radius 3 is 2.50 bits per heavy atom. The lowest BCUT2D eigenvalue weighted by atomic mass is 9.80. The van der Waals surface area contributed by atoms with Crippen LogP contribution in [0.5, 0.6) is 0 Å². The number of ether oxygens (including phenoxy) is 1. The van der Waals surface area contributed by atoms with E-state index in [0.717, 1.165) is 32.1 Å². The Bertz CT molecular complexity index is 452. The van der Waals surface area contributed by atoms with Crippen LogP contribution in [-0.4, -0.2) is 40.7 Å². The molecule has 1 heterocycles. The highest BCUT2D eigenvalue weighted by Crippen LogP contribution is 2.31. The number of carbonyl (C=O) groups is 3. The quantitative estimate of drug-likeness (QED) is 0.698. The molecule has 0 aromatic heterocycles. The molecule has 0 radical (unpaired) electrons. The molecule has 22 heavy (non-hydrogen) atoms. The van der Waals surface area contributed by atoms with Gasteiger partial charge in [0.15, 0.2) is 5.78 Å². The van der Waals surface area contributed by atoms with E-state index in [1.54, 1.807) is 4.90 Å². The molecule has 2 atom stereocenters. The van der Waals surface area contributed by atoms with Crippen molar-refractivity contribution in [1.82, 2.24) is 4.90 Å². The summed E-state index contributed by atoms with van der Waals surface area (Å²) in [5, 5.41) is 0. The third-order valence-corrected chi connectivity index (χ3v) is 4.42. The van der Waals surface area contributed by atoms with Gasteiger partial charge < -0.3 is 9.64 Å². The van der Waals surface area contributed by atoms with Gasteiger partial charge in [0, 0.05) is 24.9 Å². The van der Waals surface area contributed by atoms with Crippen LogP contribution in [0.25, 0.3) is 0 Å². The lowest BCUT2D eigenvalue weighted by Gasteiger charge is -2.37. The minimum Gasteiger partial charge on any atom is -0.444 e. The molecule has 1 amide bonds. The van der Waals surface area contributed by atoms with Crippen LogP contribution in [0.3, 0.4) is 0 Å². The predicted octanol–water partition coefficient (Wildman–Crippen LogP) is 3.10. The van der Waals surface area contributed by atoms with Gasteiger partial charge in [0.2, 0.25) is 5.78 Å². The van der Waals surface area contributed by atoms with Gasteiger partial charge in [0.1, 0.15) is 5.60 Å². The fraction of sp³-hybridized carbons (Fsp3) is 0.824. The van der Waals surface area contributed by atoms with Crippen LogP contribution in [0.1, 0.15) is 65.7 Å². The fourth-order valence-electron chi connectivity index (χ4n) is 3.41. The topological polar surface area (TPSA) is 63.7 Å². The summed E-state index contributed by atoms with van der Waals surface area (Å²) in [7, 11) is 0. The summed E-state index contributed by atoms with van der Waals surface area (Å²) < 4.78 is 5.51. The fourth-order valence-corrected chi connectivity index (χ4v) is 3.41. The molecule has 2 fully saturated rings. The molecule has 0 spiro atoms. The second-order valence-electron chi connectivity index (χ2n) is 7.38. The molecule has 5 heteroatoms. The molecule has 5 nitrogen and oxygen atoms in total. The second-order valence-corrected chi connectivity index (χ2v) is 7.38. The van der Waals surface area contributed by atoms with Crippen LogP contribution in [0.4, 0.5) is 4.79 Å². The Morgan fingerprint density at radius 2 is 1.82 bits per heavy atom. The molecule has 1 aliphatic carbocycles. The van der Waals surface area contributed by atoms with Crippen LogP contribution in [0.2, 0.25) is 0 Å². The number of hydrogen-bond donors (Lipinski definition) is 0. The Morgan fingerprint density at radius 1 is 1.09 bits per heavy atom. The highest BCUT2D eigenvalue weighted by Gasteiger charge is 2.41. The molecular formula is C17H27NO4. The van der Waals surface area contributed by atoms with E-state index in [1.807, 2.05) is 20.8 Å². The first-order valence-electron chi connectivity index (χ1n) is 8.36. The van der Waals surface area contributed by atoms with E-state index in [-0.39, 0.29) is 29.6 Å². The number of Topliss-reactive ketones (excluding diaryl/α,β-unsaturated/α-hetero) is 2. The summed E-state index contributed by atoms with van der Waals surface area (Å²) in [6.07, 6.45) is 5.18. The van der Waals surface area contributed by atoms with Crippen molar-refractivity contribution in [3.63, 3.8) is 0 Å². The van der Waals surface area contributed by atoms with Gasteiger partial charge in [-0.25, -0.2) is 4.79 Å². The van der Waals surface area contributed by atoms with Crippen LogP contribution in [0.15, 0.2) is 0 Å². The number of rotatable bonds is 1. The number of amides is 1. The van der Waals surface area contributed by atoms with Crippen molar-refractivity contribution in [3.8, 4) is 0 Å². The zero-order valence-corrected chi connectivity index (χ0v) is 13.9. The highest BCUT2D eigenvalue weighted by molar-refractivity contribution is 6.38. The minimum atomic E-state index is -0.555. The number of carbonyl (C=O) groups excluding carboxylic acids is 3. The third kappa shape index (κ3) is 4.08. The molecule has 124 valence electrons. The summed E-state index contributed by atoms with van der Waals surface area (Å²) in [6.45, 7) is 6.13. The lowest BCUT2D eigenvalue weighted by molar-refractivity contribution is -0.142. The van der Waals surface area contributed by atoms with E-state index >= 15 is 0 Å². The van der Waals surface area contributed by atoms with Gasteiger partial charge in [-0.2, -0.15) is 0 Å². The molecule has 1 aliphatic heterocycles. The Labute approximate surface area is 132 Å². The van der Waals surface area contributed by atoms with Crippen molar-refractivity contribution in [1.29, 1.82) is 0 Å². The van der Waals surface area contributed by atoms with Gasteiger partial charge in [-0.3, -0.25) is 9.59 Å². The summed E-state index contributed by atoms with van der Waals surface area (Å²) >= 11 is 0. The largest absolute Gasteiger partial charge is 0.444 e. The first-order chi connectivity index (χ1) is 10.3. The van der Waals surface area contributed by atoms with Gasteiger partial charge in [0.25, 0.3) is 0 Å². The van der Waals surface area contributed by atoms with Gasteiger partial charge in [-0.05, 0) is 46.5 Å². The molecule has 2 rings (SSSR count).